The van der Waals surface area contributed by atoms with E-state index in [-0.39, 0.29) is 10.6 Å². The molecule has 1 aromatic rings. The summed E-state index contributed by atoms with van der Waals surface area (Å²) in [5.74, 6) is -0.927. The van der Waals surface area contributed by atoms with Gasteiger partial charge in [0.1, 0.15) is 6.04 Å². The van der Waals surface area contributed by atoms with Crippen molar-refractivity contribution in [1.82, 2.24) is 5.32 Å². The Kier molecular flexibility index (Phi) is 5.01. The number of carbonyl (C=O) groups is 1. The Morgan fingerprint density at radius 1 is 1.50 bits per heavy atom. The number of benzene rings is 1. The Labute approximate surface area is 115 Å². The van der Waals surface area contributed by atoms with Gasteiger partial charge in [0.25, 0.3) is 0 Å². The van der Waals surface area contributed by atoms with Gasteiger partial charge in [-0.05, 0) is 17.7 Å². The third kappa shape index (κ3) is 4.47. The number of alkyl halides is 3. The monoisotopic (exact) mass is 344 g/mol. The highest BCUT2D eigenvalue weighted by atomic mass is 79.9. The van der Waals surface area contributed by atoms with Crippen molar-refractivity contribution in [3.8, 4) is 0 Å². The molecule has 3 N–H and O–H groups in total. The van der Waals surface area contributed by atoms with Crippen LogP contribution in [0.25, 0.3) is 0 Å². The highest BCUT2D eigenvalue weighted by Crippen LogP contribution is 2.27. The van der Waals surface area contributed by atoms with Gasteiger partial charge in [-0.2, -0.15) is 13.2 Å². The molecule has 0 spiro atoms. The minimum absolute atomic E-state index is 0.155. The predicted molar refractivity (Wildman–Crippen MR) is 65.1 cm³/mol. The molecular weight excluding hydrogens is 336 g/mol. The summed E-state index contributed by atoms with van der Waals surface area (Å²) in [7, 11) is 0. The topological polar surface area (TPSA) is 55.1 Å². The Morgan fingerprint density at radius 3 is 2.56 bits per heavy atom. The molecule has 0 aromatic heterocycles. The molecule has 0 heterocycles. The van der Waals surface area contributed by atoms with Crippen LogP contribution < -0.4 is 11.1 Å². The van der Waals surface area contributed by atoms with Crippen molar-refractivity contribution in [2.24, 2.45) is 5.73 Å². The van der Waals surface area contributed by atoms with Crippen LogP contribution in [0.5, 0.6) is 0 Å². The van der Waals surface area contributed by atoms with Crippen molar-refractivity contribution in [2.75, 3.05) is 6.54 Å². The van der Waals surface area contributed by atoms with E-state index >= 15 is 0 Å². The summed E-state index contributed by atoms with van der Waals surface area (Å²) in [6.07, 6.45) is -4.43. The molecule has 100 valence electrons. The number of halogens is 5. The van der Waals surface area contributed by atoms with Crippen LogP contribution in [0.4, 0.5) is 13.2 Å². The Balaban J connectivity index is 2.95. The van der Waals surface area contributed by atoms with Gasteiger partial charge >= 0.3 is 6.18 Å². The third-order valence-electron chi connectivity index (χ3n) is 2.06. The molecule has 1 atom stereocenters. The molecule has 1 aromatic carbocycles. The molecule has 0 aliphatic carbocycles. The average molecular weight is 346 g/mol. The van der Waals surface area contributed by atoms with E-state index in [1.165, 1.54) is 12.1 Å². The summed E-state index contributed by atoms with van der Waals surface area (Å²) >= 11 is 9.01. The molecule has 0 aliphatic rings. The number of hydrogen-bond donors (Lipinski definition) is 2. The fourth-order valence-corrected chi connectivity index (χ4v) is 2.10. The second kappa shape index (κ2) is 5.90. The van der Waals surface area contributed by atoms with Crippen LogP contribution in [-0.4, -0.2) is 18.6 Å². The van der Waals surface area contributed by atoms with Crippen molar-refractivity contribution in [1.29, 1.82) is 0 Å². The molecule has 0 saturated carbocycles. The van der Waals surface area contributed by atoms with Gasteiger partial charge in [0.2, 0.25) is 5.91 Å². The van der Waals surface area contributed by atoms with Crippen LogP contribution in [0, 0.1) is 0 Å². The highest BCUT2D eigenvalue weighted by molar-refractivity contribution is 9.10. The van der Waals surface area contributed by atoms with E-state index in [1.54, 1.807) is 6.07 Å². The molecule has 18 heavy (non-hydrogen) atoms. The van der Waals surface area contributed by atoms with Crippen molar-refractivity contribution in [3.05, 3.63) is 33.3 Å². The minimum Gasteiger partial charge on any atom is -0.368 e. The lowest BCUT2D eigenvalue weighted by molar-refractivity contribution is -0.130. The fourth-order valence-electron chi connectivity index (χ4n) is 1.32. The molecule has 0 bridgehead atoms. The number of rotatable bonds is 4. The highest BCUT2D eigenvalue weighted by Gasteiger charge is 2.30. The zero-order chi connectivity index (χ0) is 13.9. The smallest absolute Gasteiger partial charge is 0.368 e. The third-order valence-corrected chi connectivity index (χ3v) is 2.89. The van der Waals surface area contributed by atoms with E-state index in [4.69, 9.17) is 17.3 Å². The van der Waals surface area contributed by atoms with Crippen LogP contribution in [0.2, 0.25) is 5.02 Å². The first-order valence-corrected chi connectivity index (χ1v) is 5.92. The number of carbonyl (C=O) groups excluding carboxylic acids is 1. The van der Waals surface area contributed by atoms with Crippen molar-refractivity contribution >= 4 is 33.4 Å². The van der Waals surface area contributed by atoms with Gasteiger partial charge in [-0.1, -0.05) is 33.6 Å². The zero-order valence-corrected chi connectivity index (χ0v) is 11.2. The standard InChI is InChI=1S/C10H9BrClF3N2O/c11-5-1-2-6(7(12)3-5)8(9(16)18)17-4-10(13,14)15/h1-3,8,17H,4H2,(H2,16,18). The van der Waals surface area contributed by atoms with Crippen LogP contribution >= 0.6 is 27.5 Å². The first-order chi connectivity index (χ1) is 8.20. The normalized spacial score (nSPS) is 13.4. The minimum atomic E-state index is -4.43. The summed E-state index contributed by atoms with van der Waals surface area (Å²) in [6, 6.07) is 3.19. The summed E-state index contributed by atoms with van der Waals surface area (Å²) in [4.78, 5) is 11.2. The summed E-state index contributed by atoms with van der Waals surface area (Å²) in [5.41, 5.74) is 5.27. The lowest BCUT2D eigenvalue weighted by Crippen LogP contribution is -2.39. The molecule has 0 saturated heterocycles. The van der Waals surface area contributed by atoms with Gasteiger partial charge in [0.15, 0.2) is 0 Å². The van der Waals surface area contributed by atoms with Gasteiger partial charge in [-0.3, -0.25) is 10.1 Å². The predicted octanol–water partition coefficient (Wildman–Crippen LogP) is 2.78. The first kappa shape index (κ1) is 15.3. The first-order valence-electron chi connectivity index (χ1n) is 4.75. The Morgan fingerprint density at radius 2 is 2.11 bits per heavy atom. The SMILES string of the molecule is NC(=O)C(NCC(F)(F)F)c1ccc(Br)cc1Cl. The average Bonchev–Trinajstić information content (AvgIpc) is 2.18. The van der Waals surface area contributed by atoms with Crippen LogP contribution in [-0.2, 0) is 4.79 Å². The van der Waals surface area contributed by atoms with E-state index < -0.39 is 24.7 Å². The number of amides is 1. The second-order valence-electron chi connectivity index (χ2n) is 3.50. The molecule has 0 fully saturated rings. The van der Waals surface area contributed by atoms with Gasteiger partial charge in [-0.25, -0.2) is 0 Å². The van der Waals surface area contributed by atoms with Crippen molar-refractivity contribution in [3.63, 3.8) is 0 Å². The molecule has 0 radical (unpaired) electrons. The van der Waals surface area contributed by atoms with Crippen molar-refractivity contribution < 1.29 is 18.0 Å². The Hall–Kier alpha value is -0.790. The van der Waals surface area contributed by atoms with E-state index in [9.17, 15) is 18.0 Å². The summed E-state index contributed by atoms with van der Waals surface area (Å²) < 4.78 is 37.0. The maximum Gasteiger partial charge on any atom is 0.401 e. The molecule has 0 aliphatic heterocycles. The van der Waals surface area contributed by atoms with Crippen LogP contribution in [0.3, 0.4) is 0 Å². The molecule has 8 heteroatoms. The van der Waals surface area contributed by atoms with Gasteiger partial charge in [-0.15, -0.1) is 0 Å². The maximum atomic E-state index is 12.1. The number of primary amides is 1. The zero-order valence-electron chi connectivity index (χ0n) is 8.89. The second-order valence-corrected chi connectivity index (χ2v) is 4.82. The quantitative estimate of drug-likeness (QED) is 0.882. The van der Waals surface area contributed by atoms with Crippen LogP contribution in [0.1, 0.15) is 11.6 Å². The molecular formula is C10H9BrClF3N2O. The Bertz CT molecular complexity index is 453. The molecule has 1 rings (SSSR count). The maximum absolute atomic E-state index is 12.1. The number of nitrogens with one attached hydrogen (secondary N) is 1. The van der Waals surface area contributed by atoms with E-state index in [2.05, 4.69) is 15.9 Å². The number of hydrogen-bond acceptors (Lipinski definition) is 2. The molecule has 1 amide bonds. The summed E-state index contributed by atoms with van der Waals surface area (Å²) in [5, 5.41) is 2.19. The molecule has 3 nitrogen and oxygen atoms in total. The van der Waals surface area contributed by atoms with Gasteiger partial charge in [0.05, 0.1) is 6.54 Å². The van der Waals surface area contributed by atoms with E-state index in [0.717, 1.165) is 0 Å². The van der Waals surface area contributed by atoms with Crippen molar-refractivity contribution in [2.45, 2.75) is 12.2 Å². The van der Waals surface area contributed by atoms with E-state index in [0.29, 0.717) is 4.47 Å². The fraction of sp³-hybridized carbons (Fsp3) is 0.300. The van der Waals surface area contributed by atoms with Crippen LogP contribution in [0.15, 0.2) is 22.7 Å². The van der Waals surface area contributed by atoms with Gasteiger partial charge < -0.3 is 5.73 Å². The number of nitrogens with two attached hydrogens (primary N) is 1. The largest absolute Gasteiger partial charge is 0.401 e. The lowest BCUT2D eigenvalue weighted by atomic mass is 10.1. The van der Waals surface area contributed by atoms with Gasteiger partial charge in [0, 0.05) is 9.50 Å². The molecule has 1 unspecified atom stereocenters. The van der Waals surface area contributed by atoms with E-state index in [1.807, 2.05) is 5.32 Å². The lowest BCUT2D eigenvalue weighted by Gasteiger charge is -2.18. The summed E-state index contributed by atoms with van der Waals surface area (Å²) in [6.45, 7) is -1.33.